The maximum atomic E-state index is 5.80. The van der Waals surface area contributed by atoms with Crippen LogP contribution in [-0.4, -0.2) is 10.2 Å². The SMILES string of the molecule is CC(C)(C)c1ccc(-c2[nH]ncc2N)cc1. The molecule has 1 aromatic heterocycles. The highest BCUT2D eigenvalue weighted by Gasteiger charge is 2.13. The largest absolute Gasteiger partial charge is 0.396 e. The molecule has 0 radical (unpaired) electrons. The van der Waals surface area contributed by atoms with E-state index >= 15 is 0 Å². The molecule has 2 aromatic rings. The van der Waals surface area contributed by atoms with Gasteiger partial charge in [-0.3, -0.25) is 5.10 Å². The maximum absolute atomic E-state index is 5.80. The molecule has 1 heterocycles. The topological polar surface area (TPSA) is 54.7 Å². The van der Waals surface area contributed by atoms with Gasteiger partial charge in [0.15, 0.2) is 0 Å². The first-order valence-electron chi connectivity index (χ1n) is 5.38. The highest BCUT2D eigenvalue weighted by molar-refractivity contribution is 5.71. The van der Waals surface area contributed by atoms with Crippen molar-refractivity contribution in [1.82, 2.24) is 10.2 Å². The van der Waals surface area contributed by atoms with Crippen molar-refractivity contribution in [2.75, 3.05) is 5.73 Å². The zero-order valence-corrected chi connectivity index (χ0v) is 9.91. The first kappa shape index (κ1) is 10.7. The van der Waals surface area contributed by atoms with Crippen molar-refractivity contribution in [3.63, 3.8) is 0 Å². The normalized spacial score (nSPS) is 11.7. The Morgan fingerprint density at radius 3 is 2.19 bits per heavy atom. The zero-order valence-electron chi connectivity index (χ0n) is 9.91. The summed E-state index contributed by atoms with van der Waals surface area (Å²) >= 11 is 0. The van der Waals surface area contributed by atoms with E-state index in [-0.39, 0.29) is 5.41 Å². The monoisotopic (exact) mass is 215 g/mol. The maximum Gasteiger partial charge on any atom is 0.0879 e. The van der Waals surface area contributed by atoms with Gasteiger partial charge < -0.3 is 5.73 Å². The molecule has 0 aliphatic rings. The summed E-state index contributed by atoms with van der Waals surface area (Å²) in [7, 11) is 0. The number of rotatable bonds is 1. The van der Waals surface area contributed by atoms with E-state index < -0.39 is 0 Å². The van der Waals surface area contributed by atoms with Crippen LogP contribution in [0.4, 0.5) is 5.69 Å². The van der Waals surface area contributed by atoms with Crippen LogP contribution in [0.25, 0.3) is 11.3 Å². The molecule has 3 N–H and O–H groups in total. The van der Waals surface area contributed by atoms with E-state index in [1.165, 1.54) is 5.56 Å². The van der Waals surface area contributed by atoms with Gasteiger partial charge in [-0.15, -0.1) is 0 Å². The van der Waals surface area contributed by atoms with Gasteiger partial charge in [0.1, 0.15) is 0 Å². The number of benzene rings is 1. The zero-order chi connectivity index (χ0) is 11.8. The number of H-pyrrole nitrogens is 1. The number of nitrogens with one attached hydrogen (secondary N) is 1. The van der Waals surface area contributed by atoms with Gasteiger partial charge in [-0.1, -0.05) is 45.0 Å². The standard InChI is InChI=1S/C13H17N3/c1-13(2,3)10-6-4-9(5-7-10)12-11(14)8-15-16-12/h4-8H,14H2,1-3H3,(H,15,16). The summed E-state index contributed by atoms with van der Waals surface area (Å²) in [5.74, 6) is 0. The Morgan fingerprint density at radius 1 is 1.12 bits per heavy atom. The molecular weight excluding hydrogens is 198 g/mol. The summed E-state index contributed by atoms with van der Waals surface area (Å²) in [6.45, 7) is 6.60. The fraction of sp³-hybridized carbons (Fsp3) is 0.308. The van der Waals surface area contributed by atoms with Crippen LogP contribution in [-0.2, 0) is 5.41 Å². The molecule has 0 spiro atoms. The summed E-state index contributed by atoms with van der Waals surface area (Å²) in [5, 5.41) is 6.82. The molecule has 16 heavy (non-hydrogen) atoms. The van der Waals surface area contributed by atoms with E-state index in [1.54, 1.807) is 6.20 Å². The number of nitrogens with two attached hydrogens (primary N) is 1. The molecule has 2 rings (SSSR count). The first-order valence-corrected chi connectivity index (χ1v) is 5.38. The van der Waals surface area contributed by atoms with Crippen molar-refractivity contribution in [3.8, 4) is 11.3 Å². The van der Waals surface area contributed by atoms with Crippen molar-refractivity contribution < 1.29 is 0 Å². The lowest BCUT2D eigenvalue weighted by Gasteiger charge is -2.19. The quantitative estimate of drug-likeness (QED) is 0.768. The van der Waals surface area contributed by atoms with Crippen LogP contribution in [0.1, 0.15) is 26.3 Å². The van der Waals surface area contributed by atoms with Crippen LogP contribution in [0.5, 0.6) is 0 Å². The molecule has 84 valence electrons. The van der Waals surface area contributed by atoms with Crippen molar-refractivity contribution >= 4 is 5.69 Å². The molecule has 0 bridgehead atoms. The molecule has 0 atom stereocenters. The Balaban J connectivity index is 2.37. The van der Waals surface area contributed by atoms with Crippen molar-refractivity contribution in [2.24, 2.45) is 0 Å². The van der Waals surface area contributed by atoms with Crippen LogP contribution < -0.4 is 5.73 Å². The van der Waals surface area contributed by atoms with Gasteiger partial charge in [-0.05, 0) is 11.0 Å². The number of aromatic nitrogens is 2. The minimum absolute atomic E-state index is 0.179. The van der Waals surface area contributed by atoms with Crippen molar-refractivity contribution in [3.05, 3.63) is 36.0 Å². The Labute approximate surface area is 95.7 Å². The van der Waals surface area contributed by atoms with E-state index in [1.807, 2.05) is 0 Å². The number of aromatic amines is 1. The number of anilines is 1. The van der Waals surface area contributed by atoms with Gasteiger partial charge in [-0.25, -0.2) is 0 Å². The Bertz CT molecular complexity index is 475. The lowest BCUT2D eigenvalue weighted by molar-refractivity contribution is 0.590. The fourth-order valence-corrected chi connectivity index (χ4v) is 1.66. The van der Waals surface area contributed by atoms with Crippen LogP contribution >= 0.6 is 0 Å². The van der Waals surface area contributed by atoms with Crippen LogP contribution in [0, 0.1) is 0 Å². The van der Waals surface area contributed by atoms with Crippen LogP contribution in [0.15, 0.2) is 30.5 Å². The third kappa shape index (κ3) is 1.94. The molecule has 0 aliphatic heterocycles. The highest BCUT2D eigenvalue weighted by Crippen LogP contribution is 2.27. The Morgan fingerprint density at radius 2 is 1.75 bits per heavy atom. The molecule has 0 aliphatic carbocycles. The van der Waals surface area contributed by atoms with E-state index in [2.05, 4.69) is 55.2 Å². The number of hydrogen-bond acceptors (Lipinski definition) is 2. The number of hydrogen-bond donors (Lipinski definition) is 2. The molecule has 0 saturated carbocycles. The minimum atomic E-state index is 0.179. The molecule has 0 unspecified atom stereocenters. The van der Waals surface area contributed by atoms with Gasteiger partial charge >= 0.3 is 0 Å². The summed E-state index contributed by atoms with van der Waals surface area (Å²) in [6, 6.07) is 8.42. The van der Waals surface area contributed by atoms with Gasteiger partial charge in [-0.2, -0.15) is 5.10 Å². The Kier molecular flexibility index (Phi) is 2.46. The average molecular weight is 215 g/mol. The predicted molar refractivity (Wildman–Crippen MR) is 67.1 cm³/mol. The average Bonchev–Trinajstić information content (AvgIpc) is 2.63. The van der Waals surface area contributed by atoms with Crippen LogP contribution in [0.2, 0.25) is 0 Å². The van der Waals surface area contributed by atoms with E-state index in [9.17, 15) is 0 Å². The third-order valence-corrected chi connectivity index (χ3v) is 2.71. The number of nitrogen functional groups attached to an aromatic ring is 1. The summed E-state index contributed by atoms with van der Waals surface area (Å²) in [5.41, 5.74) is 9.94. The summed E-state index contributed by atoms with van der Waals surface area (Å²) < 4.78 is 0. The van der Waals surface area contributed by atoms with E-state index in [4.69, 9.17) is 5.73 Å². The second-order valence-electron chi connectivity index (χ2n) is 5.03. The molecule has 3 nitrogen and oxygen atoms in total. The van der Waals surface area contributed by atoms with Gasteiger partial charge in [0.25, 0.3) is 0 Å². The molecule has 3 heteroatoms. The molecule has 0 amide bonds. The second-order valence-corrected chi connectivity index (χ2v) is 5.03. The van der Waals surface area contributed by atoms with Crippen molar-refractivity contribution in [2.45, 2.75) is 26.2 Å². The minimum Gasteiger partial charge on any atom is -0.396 e. The highest BCUT2D eigenvalue weighted by atomic mass is 15.1. The van der Waals surface area contributed by atoms with E-state index in [0.717, 1.165) is 11.3 Å². The first-order chi connectivity index (χ1) is 7.48. The lowest BCUT2D eigenvalue weighted by Crippen LogP contribution is -2.10. The Hall–Kier alpha value is -1.77. The third-order valence-electron chi connectivity index (χ3n) is 2.71. The number of nitrogens with zero attached hydrogens (tertiary/aromatic N) is 1. The predicted octanol–water partition coefficient (Wildman–Crippen LogP) is 2.96. The van der Waals surface area contributed by atoms with Crippen molar-refractivity contribution in [1.29, 1.82) is 0 Å². The molecule has 0 fully saturated rings. The van der Waals surface area contributed by atoms with Gasteiger partial charge in [0.05, 0.1) is 17.6 Å². The summed E-state index contributed by atoms with van der Waals surface area (Å²) in [6.07, 6.45) is 1.63. The van der Waals surface area contributed by atoms with Gasteiger partial charge in [0.2, 0.25) is 0 Å². The fourth-order valence-electron chi connectivity index (χ4n) is 1.66. The molecule has 0 saturated heterocycles. The summed E-state index contributed by atoms with van der Waals surface area (Å²) in [4.78, 5) is 0. The second kappa shape index (κ2) is 3.67. The van der Waals surface area contributed by atoms with Crippen LogP contribution in [0.3, 0.4) is 0 Å². The smallest absolute Gasteiger partial charge is 0.0879 e. The molecular formula is C13H17N3. The lowest BCUT2D eigenvalue weighted by atomic mass is 9.86. The van der Waals surface area contributed by atoms with E-state index in [0.29, 0.717) is 5.69 Å². The molecule has 1 aromatic carbocycles. The van der Waals surface area contributed by atoms with Gasteiger partial charge in [0, 0.05) is 5.56 Å².